The summed E-state index contributed by atoms with van der Waals surface area (Å²) in [5.74, 6) is 0.0581. The van der Waals surface area contributed by atoms with Gasteiger partial charge in [0.05, 0.1) is 13.2 Å². The standard InChI is InChI=1S/C41H67NO4Si2/c1-13-47(14-2,15-3)45-39-29-22-21-25-34(7)27-24-28-35(8)30-31-37(10)42-40(43)38(44-12)33-36(9)26-20-19-23-32-41(39,11)46-48(16-4,17-5)18-6/h19-30,32-33,37,39H,13-18,31H2,1-12H3,(H,42,43)/b20-19+,25-21+,28-24+,29-22-,32-23+,34-27+,35-30+,36-26+,38-33-/t37-,39-,41+/m0/s1. The average Bonchev–Trinajstić information content (AvgIpc) is 3.08. The lowest BCUT2D eigenvalue weighted by molar-refractivity contribution is -0.121. The Morgan fingerprint density at radius 3 is 1.94 bits per heavy atom. The molecule has 0 saturated carbocycles. The van der Waals surface area contributed by atoms with Gasteiger partial charge in [-0.05, 0) is 89.0 Å². The highest BCUT2D eigenvalue weighted by Crippen LogP contribution is 2.36. The molecule has 1 aliphatic heterocycles. The van der Waals surface area contributed by atoms with E-state index in [0.717, 1.165) is 59.4 Å². The van der Waals surface area contributed by atoms with Crippen LogP contribution in [0, 0.1) is 0 Å². The number of ether oxygens (including phenoxy) is 1. The fourth-order valence-electron chi connectivity index (χ4n) is 5.79. The van der Waals surface area contributed by atoms with Crippen LogP contribution in [0.15, 0.2) is 108 Å². The van der Waals surface area contributed by atoms with Crippen LogP contribution in [0.25, 0.3) is 0 Å². The van der Waals surface area contributed by atoms with Gasteiger partial charge < -0.3 is 18.9 Å². The summed E-state index contributed by atoms with van der Waals surface area (Å²) in [6.07, 6.45) is 29.6. The first-order valence-electron chi connectivity index (χ1n) is 18.1. The number of methoxy groups -OCH3 is 1. The van der Waals surface area contributed by atoms with E-state index < -0.39 is 22.2 Å². The maximum absolute atomic E-state index is 12.9. The fraction of sp³-hybridized carbons (Fsp3) is 0.537. The van der Waals surface area contributed by atoms with Crippen molar-refractivity contribution in [3.05, 3.63) is 108 Å². The van der Waals surface area contributed by atoms with Crippen molar-refractivity contribution < 1.29 is 18.4 Å². The van der Waals surface area contributed by atoms with Crippen molar-refractivity contribution in [2.75, 3.05) is 7.11 Å². The third kappa shape index (κ3) is 14.4. The molecule has 48 heavy (non-hydrogen) atoms. The first-order chi connectivity index (χ1) is 22.8. The van der Waals surface area contributed by atoms with Gasteiger partial charge in [-0.25, -0.2) is 0 Å². The van der Waals surface area contributed by atoms with Gasteiger partial charge in [0.1, 0.15) is 5.60 Å². The zero-order valence-electron chi connectivity index (χ0n) is 32.3. The predicted octanol–water partition coefficient (Wildman–Crippen LogP) is 11.2. The van der Waals surface area contributed by atoms with Crippen LogP contribution in [-0.2, 0) is 18.4 Å². The molecule has 5 nitrogen and oxygen atoms in total. The van der Waals surface area contributed by atoms with Crippen LogP contribution in [0.1, 0.15) is 82.6 Å². The molecular weight excluding hydrogens is 627 g/mol. The normalized spacial score (nSPS) is 30.4. The second-order valence-electron chi connectivity index (χ2n) is 13.3. The summed E-state index contributed by atoms with van der Waals surface area (Å²) in [7, 11) is -2.48. The van der Waals surface area contributed by atoms with Gasteiger partial charge in [0, 0.05) is 6.04 Å². The molecule has 0 aliphatic carbocycles. The van der Waals surface area contributed by atoms with Crippen LogP contribution in [0.2, 0.25) is 36.3 Å². The molecule has 1 amide bonds. The zero-order chi connectivity index (χ0) is 36.2. The number of hydrogen-bond donors (Lipinski definition) is 1. The lowest BCUT2D eigenvalue weighted by Crippen LogP contribution is -2.54. The third-order valence-electron chi connectivity index (χ3n) is 9.70. The maximum Gasteiger partial charge on any atom is 0.286 e. The number of carbonyl (C=O) groups excluding carboxylic acids is 1. The van der Waals surface area contributed by atoms with E-state index in [0.29, 0.717) is 0 Å². The SMILES string of the molecule is CC[Si](CC)(CC)O[C@H]1\C=C/C=C/C(C)=C/C=C/C(C)=C/C[C@H](C)NC(=O)/C(OC)=C/C(C)=C/C=C/C=C/[C@@]1(C)O[Si](CC)(CC)CC. The number of nitrogens with one attached hydrogen (secondary N) is 1. The molecule has 0 spiro atoms. The summed E-state index contributed by atoms with van der Waals surface area (Å²) in [5.41, 5.74) is 2.55. The molecule has 0 unspecified atom stereocenters. The van der Waals surface area contributed by atoms with E-state index in [-0.39, 0.29) is 23.8 Å². The van der Waals surface area contributed by atoms with Gasteiger partial charge in [-0.3, -0.25) is 4.79 Å². The van der Waals surface area contributed by atoms with Crippen LogP contribution in [-0.4, -0.2) is 47.4 Å². The number of allylic oxidation sites excluding steroid dienone is 14. The van der Waals surface area contributed by atoms with Crippen LogP contribution in [0.4, 0.5) is 0 Å². The number of carbonyl (C=O) groups is 1. The first-order valence-corrected chi connectivity index (χ1v) is 23.2. The summed E-state index contributed by atoms with van der Waals surface area (Å²) >= 11 is 0. The minimum absolute atomic E-state index is 0.0367. The Bertz CT molecular complexity index is 1260. The number of rotatable bonds is 11. The lowest BCUT2D eigenvalue weighted by Gasteiger charge is -2.45. The minimum Gasteiger partial charge on any atom is -0.491 e. The van der Waals surface area contributed by atoms with Crippen molar-refractivity contribution in [2.24, 2.45) is 0 Å². The molecule has 1 rings (SSSR count). The summed E-state index contributed by atoms with van der Waals surface area (Å²) in [5, 5.41) is 3.05. The average molecular weight is 694 g/mol. The van der Waals surface area contributed by atoms with Crippen molar-refractivity contribution >= 4 is 22.5 Å². The van der Waals surface area contributed by atoms with Crippen LogP contribution >= 0.6 is 0 Å². The summed E-state index contributed by atoms with van der Waals surface area (Å²) in [4.78, 5) is 12.9. The molecule has 268 valence electrons. The van der Waals surface area contributed by atoms with Gasteiger partial charge in [0.15, 0.2) is 22.4 Å². The highest BCUT2D eigenvalue weighted by molar-refractivity contribution is 6.74. The van der Waals surface area contributed by atoms with E-state index in [1.165, 1.54) is 7.11 Å². The van der Waals surface area contributed by atoms with Crippen LogP contribution in [0.5, 0.6) is 0 Å². The Morgan fingerprint density at radius 2 is 1.35 bits per heavy atom. The molecular formula is C41H67NO4Si2. The van der Waals surface area contributed by atoms with Crippen LogP contribution < -0.4 is 5.32 Å². The van der Waals surface area contributed by atoms with E-state index in [1.54, 1.807) is 6.08 Å². The third-order valence-corrected chi connectivity index (χ3v) is 19.1. The molecule has 1 heterocycles. The van der Waals surface area contributed by atoms with Gasteiger partial charge in [-0.2, -0.15) is 0 Å². The van der Waals surface area contributed by atoms with E-state index >= 15 is 0 Å². The first kappa shape index (κ1) is 43.3. The summed E-state index contributed by atoms with van der Waals surface area (Å²) in [6, 6.07) is 6.34. The van der Waals surface area contributed by atoms with E-state index in [2.05, 4.69) is 128 Å². The largest absolute Gasteiger partial charge is 0.491 e. The molecule has 0 aromatic rings. The van der Waals surface area contributed by atoms with E-state index in [1.807, 2.05) is 32.1 Å². The van der Waals surface area contributed by atoms with Crippen molar-refractivity contribution in [3.8, 4) is 0 Å². The smallest absolute Gasteiger partial charge is 0.286 e. The Kier molecular flexibility index (Phi) is 19.9. The monoisotopic (exact) mass is 693 g/mol. The molecule has 0 aromatic carbocycles. The van der Waals surface area contributed by atoms with Gasteiger partial charge in [0.25, 0.3) is 5.91 Å². The fourth-order valence-corrected chi connectivity index (χ4v) is 11.7. The lowest BCUT2D eigenvalue weighted by atomic mass is 9.98. The molecule has 7 heteroatoms. The highest BCUT2D eigenvalue weighted by atomic mass is 28.4. The molecule has 0 aromatic heterocycles. The molecule has 0 radical (unpaired) electrons. The zero-order valence-corrected chi connectivity index (χ0v) is 34.3. The number of hydrogen-bond acceptors (Lipinski definition) is 4. The van der Waals surface area contributed by atoms with Crippen molar-refractivity contribution in [2.45, 2.75) is 137 Å². The Hall–Kier alpha value is -2.72. The van der Waals surface area contributed by atoms with Crippen molar-refractivity contribution in [1.82, 2.24) is 5.32 Å². The van der Waals surface area contributed by atoms with Crippen LogP contribution in [0.3, 0.4) is 0 Å². The Balaban J connectivity index is 3.86. The van der Waals surface area contributed by atoms with E-state index in [9.17, 15) is 4.79 Å². The van der Waals surface area contributed by atoms with Crippen molar-refractivity contribution in [3.63, 3.8) is 0 Å². The Labute approximate surface area is 296 Å². The molecule has 3 atom stereocenters. The second kappa shape index (κ2) is 22.1. The molecule has 0 saturated heterocycles. The van der Waals surface area contributed by atoms with Gasteiger partial charge in [-0.1, -0.05) is 132 Å². The van der Waals surface area contributed by atoms with Gasteiger partial charge in [-0.15, -0.1) is 0 Å². The highest BCUT2D eigenvalue weighted by Gasteiger charge is 2.44. The maximum atomic E-state index is 12.9. The van der Waals surface area contributed by atoms with Gasteiger partial charge >= 0.3 is 0 Å². The quantitative estimate of drug-likeness (QED) is 0.219. The molecule has 1 aliphatic rings. The van der Waals surface area contributed by atoms with E-state index in [4.69, 9.17) is 13.6 Å². The molecule has 0 fully saturated rings. The molecule has 0 bridgehead atoms. The topological polar surface area (TPSA) is 56.8 Å². The predicted molar refractivity (Wildman–Crippen MR) is 213 cm³/mol. The van der Waals surface area contributed by atoms with Gasteiger partial charge in [0.2, 0.25) is 0 Å². The van der Waals surface area contributed by atoms with Crippen molar-refractivity contribution in [1.29, 1.82) is 0 Å². The second-order valence-corrected chi connectivity index (χ2v) is 22.7. The number of amides is 1. The summed E-state index contributed by atoms with van der Waals surface area (Å²) in [6.45, 7) is 24.0. The molecule has 1 N–H and O–H groups in total. The summed E-state index contributed by atoms with van der Waals surface area (Å²) < 4.78 is 20.1. The minimum atomic E-state index is -2.02. The Morgan fingerprint density at radius 1 is 0.771 bits per heavy atom.